The second-order valence-electron chi connectivity index (χ2n) is 4.13. The van der Waals surface area contributed by atoms with E-state index in [-0.39, 0.29) is 23.2 Å². The van der Waals surface area contributed by atoms with Crippen molar-refractivity contribution in [3.05, 3.63) is 64.4 Å². The van der Waals surface area contributed by atoms with Gasteiger partial charge in [-0.1, -0.05) is 47.5 Å². The van der Waals surface area contributed by atoms with Crippen LogP contribution >= 0.6 is 11.6 Å². The summed E-state index contributed by atoms with van der Waals surface area (Å²) < 4.78 is 18.6. The Bertz CT molecular complexity index is 573. The first-order valence-electron chi connectivity index (χ1n) is 5.74. The van der Waals surface area contributed by atoms with Crippen molar-refractivity contribution in [2.75, 3.05) is 6.61 Å². The average molecular weight is 279 g/mol. The monoisotopic (exact) mass is 278 g/mol. The van der Waals surface area contributed by atoms with Gasteiger partial charge in [-0.2, -0.15) is 0 Å². The molecule has 0 N–H and O–H groups in total. The lowest BCUT2D eigenvalue weighted by molar-refractivity contribution is 0.0919. The van der Waals surface area contributed by atoms with Crippen LogP contribution in [0, 0.1) is 12.7 Å². The molecule has 0 aromatic heterocycles. The summed E-state index contributed by atoms with van der Waals surface area (Å²) >= 11 is 5.80. The van der Waals surface area contributed by atoms with E-state index in [0.29, 0.717) is 5.56 Å². The summed E-state index contributed by atoms with van der Waals surface area (Å²) in [5.41, 5.74) is 1.59. The molecule has 0 aliphatic heterocycles. The molecule has 0 saturated carbocycles. The Kier molecular flexibility index (Phi) is 4.17. The van der Waals surface area contributed by atoms with Crippen molar-refractivity contribution in [1.82, 2.24) is 0 Å². The van der Waals surface area contributed by atoms with E-state index in [1.807, 2.05) is 19.1 Å². The molecule has 2 nitrogen and oxygen atoms in total. The fourth-order valence-corrected chi connectivity index (χ4v) is 1.80. The van der Waals surface area contributed by atoms with Gasteiger partial charge in [0, 0.05) is 5.56 Å². The van der Waals surface area contributed by atoms with Gasteiger partial charge in [-0.05, 0) is 19.1 Å². The summed E-state index contributed by atoms with van der Waals surface area (Å²) in [5, 5.41) is 0.150. The smallest absolute Gasteiger partial charge is 0.200 e. The first-order chi connectivity index (χ1) is 9.08. The lowest BCUT2D eigenvalue weighted by atomic mass is 10.1. The van der Waals surface area contributed by atoms with E-state index in [2.05, 4.69) is 0 Å². The zero-order valence-electron chi connectivity index (χ0n) is 10.3. The van der Waals surface area contributed by atoms with Gasteiger partial charge in [-0.15, -0.1) is 0 Å². The first kappa shape index (κ1) is 13.6. The molecular formula is C15H12ClFO2. The highest BCUT2D eigenvalue weighted by molar-refractivity contribution is 6.32. The molecular weight excluding hydrogens is 267 g/mol. The molecule has 2 aromatic carbocycles. The Labute approximate surface area is 115 Å². The van der Waals surface area contributed by atoms with Gasteiger partial charge in [-0.25, -0.2) is 4.39 Å². The number of rotatable bonds is 4. The Morgan fingerprint density at radius 1 is 1.21 bits per heavy atom. The van der Waals surface area contributed by atoms with Crippen molar-refractivity contribution >= 4 is 17.4 Å². The Morgan fingerprint density at radius 3 is 2.53 bits per heavy atom. The maximum absolute atomic E-state index is 13.4. The Hall–Kier alpha value is -1.87. The van der Waals surface area contributed by atoms with Crippen molar-refractivity contribution in [3.8, 4) is 5.75 Å². The number of carbonyl (C=O) groups is 1. The van der Waals surface area contributed by atoms with Crippen LogP contribution in [0.1, 0.15) is 15.9 Å². The highest BCUT2D eigenvalue weighted by Crippen LogP contribution is 2.27. The molecule has 4 heteroatoms. The number of benzene rings is 2. The maximum Gasteiger partial charge on any atom is 0.200 e. The van der Waals surface area contributed by atoms with Crippen LogP contribution in [0.2, 0.25) is 5.02 Å². The summed E-state index contributed by atoms with van der Waals surface area (Å²) in [6.07, 6.45) is 0. The lowest BCUT2D eigenvalue weighted by Crippen LogP contribution is -2.12. The number of hydrogen-bond donors (Lipinski definition) is 0. The quantitative estimate of drug-likeness (QED) is 0.789. The van der Waals surface area contributed by atoms with Crippen molar-refractivity contribution in [2.45, 2.75) is 6.92 Å². The first-order valence-corrected chi connectivity index (χ1v) is 6.12. The van der Waals surface area contributed by atoms with Gasteiger partial charge in [0.25, 0.3) is 0 Å². The van der Waals surface area contributed by atoms with E-state index < -0.39 is 5.82 Å². The number of Topliss-reactive ketones (excluding diaryl/α,β-unsaturated/α-hetero) is 1. The second-order valence-corrected chi connectivity index (χ2v) is 4.54. The summed E-state index contributed by atoms with van der Waals surface area (Å²) in [7, 11) is 0. The van der Waals surface area contributed by atoms with Crippen LogP contribution in [0.25, 0.3) is 0 Å². The summed E-state index contributed by atoms with van der Waals surface area (Å²) in [4.78, 5) is 11.9. The summed E-state index contributed by atoms with van der Waals surface area (Å²) in [6.45, 7) is 1.69. The van der Waals surface area contributed by atoms with Gasteiger partial charge < -0.3 is 4.74 Å². The number of ether oxygens (including phenoxy) is 1. The van der Waals surface area contributed by atoms with Crippen LogP contribution < -0.4 is 4.74 Å². The van der Waals surface area contributed by atoms with Gasteiger partial charge in [0.1, 0.15) is 0 Å². The Morgan fingerprint density at radius 2 is 1.89 bits per heavy atom. The predicted molar refractivity (Wildman–Crippen MR) is 72.4 cm³/mol. The standard InChI is InChI=1S/C15H12ClFO2/c1-10-5-7-11(8-6-10)14(18)9-19-15-12(16)3-2-4-13(15)17/h2-8H,9H2,1H3. The van der Waals surface area contributed by atoms with Crippen LogP contribution in [0.3, 0.4) is 0 Å². The molecule has 0 bridgehead atoms. The van der Waals surface area contributed by atoms with Gasteiger partial charge in [0.2, 0.25) is 0 Å². The largest absolute Gasteiger partial charge is 0.481 e. The van der Waals surface area contributed by atoms with Crippen LogP contribution in [0.15, 0.2) is 42.5 Å². The van der Waals surface area contributed by atoms with Crippen LogP contribution in [0.4, 0.5) is 4.39 Å². The van der Waals surface area contributed by atoms with E-state index in [1.54, 1.807) is 12.1 Å². The van der Waals surface area contributed by atoms with Crippen molar-refractivity contribution in [3.63, 3.8) is 0 Å². The molecule has 0 unspecified atom stereocenters. The molecule has 0 aliphatic carbocycles. The molecule has 0 amide bonds. The molecule has 98 valence electrons. The van der Waals surface area contributed by atoms with Crippen LogP contribution in [-0.4, -0.2) is 12.4 Å². The molecule has 2 rings (SSSR count). The molecule has 0 heterocycles. The zero-order chi connectivity index (χ0) is 13.8. The fourth-order valence-electron chi connectivity index (χ4n) is 1.58. The molecule has 0 radical (unpaired) electrons. The summed E-state index contributed by atoms with van der Waals surface area (Å²) in [5.74, 6) is -0.895. The third-order valence-corrected chi connectivity index (χ3v) is 2.94. The highest BCUT2D eigenvalue weighted by atomic mass is 35.5. The fraction of sp³-hybridized carbons (Fsp3) is 0.133. The number of halogens is 2. The number of para-hydroxylation sites is 1. The van der Waals surface area contributed by atoms with Crippen molar-refractivity contribution in [2.24, 2.45) is 0 Å². The van der Waals surface area contributed by atoms with Crippen molar-refractivity contribution in [1.29, 1.82) is 0 Å². The molecule has 0 saturated heterocycles. The van der Waals surface area contributed by atoms with Gasteiger partial charge in [0.15, 0.2) is 24.0 Å². The van der Waals surface area contributed by atoms with Gasteiger partial charge >= 0.3 is 0 Å². The topological polar surface area (TPSA) is 26.3 Å². The molecule has 19 heavy (non-hydrogen) atoms. The van der Waals surface area contributed by atoms with E-state index in [4.69, 9.17) is 16.3 Å². The molecule has 0 spiro atoms. The highest BCUT2D eigenvalue weighted by Gasteiger charge is 2.11. The van der Waals surface area contributed by atoms with E-state index in [0.717, 1.165) is 5.56 Å². The number of carbonyl (C=O) groups excluding carboxylic acids is 1. The maximum atomic E-state index is 13.4. The van der Waals surface area contributed by atoms with Crippen LogP contribution in [-0.2, 0) is 0 Å². The van der Waals surface area contributed by atoms with E-state index >= 15 is 0 Å². The lowest BCUT2D eigenvalue weighted by Gasteiger charge is -2.08. The summed E-state index contributed by atoms with van der Waals surface area (Å²) in [6, 6.07) is 11.3. The number of aryl methyl sites for hydroxylation is 1. The third kappa shape index (κ3) is 3.32. The minimum atomic E-state index is -0.579. The normalized spacial score (nSPS) is 10.3. The molecule has 0 fully saturated rings. The van der Waals surface area contributed by atoms with Crippen molar-refractivity contribution < 1.29 is 13.9 Å². The minimum absolute atomic E-state index is 0.0929. The third-order valence-electron chi connectivity index (χ3n) is 2.64. The predicted octanol–water partition coefficient (Wildman–Crippen LogP) is 4.05. The van der Waals surface area contributed by atoms with E-state index in [9.17, 15) is 9.18 Å². The number of ketones is 1. The molecule has 0 aliphatic rings. The molecule has 2 aromatic rings. The zero-order valence-corrected chi connectivity index (χ0v) is 11.1. The SMILES string of the molecule is Cc1ccc(C(=O)COc2c(F)cccc2Cl)cc1. The Balaban J connectivity index is 2.06. The van der Waals surface area contributed by atoms with Gasteiger partial charge in [-0.3, -0.25) is 4.79 Å². The second kappa shape index (κ2) is 5.85. The average Bonchev–Trinajstić information content (AvgIpc) is 2.38. The number of hydrogen-bond acceptors (Lipinski definition) is 2. The van der Waals surface area contributed by atoms with Gasteiger partial charge in [0.05, 0.1) is 5.02 Å². The molecule has 0 atom stereocenters. The van der Waals surface area contributed by atoms with E-state index in [1.165, 1.54) is 18.2 Å². The minimum Gasteiger partial charge on any atom is -0.481 e. The van der Waals surface area contributed by atoms with Crippen LogP contribution in [0.5, 0.6) is 5.75 Å².